The van der Waals surface area contributed by atoms with E-state index >= 15 is 0 Å². The Hall–Kier alpha value is -6.04. The fourth-order valence-electron chi connectivity index (χ4n) is 8.76. The molecule has 10 heteroatoms. The molecule has 0 saturated carbocycles. The molecular weight excluding hydrogens is 793 g/mol. The van der Waals surface area contributed by atoms with Gasteiger partial charge in [-0.15, -0.1) is 0 Å². The molecule has 6 rings (SSSR count). The Morgan fingerprint density at radius 2 is 0.651 bits per heavy atom. The van der Waals surface area contributed by atoms with E-state index in [2.05, 4.69) is 82.6 Å². The fourth-order valence-corrected chi connectivity index (χ4v) is 8.76. The highest BCUT2D eigenvalue weighted by molar-refractivity contribution is 5.52. The number of ether oxygens (including phenoxy) is 6. The number of methoxy groups -OCH3 is 6. The summed E-state index contributed by atoms with van der Waals surface area (Å²) in [7, 11) is 9.86. The topological polar surface area (TPSA) is 102 Å². The molecule has 332 valence electrons. The van der Waals surface area contributed by atoms with Crippen LogP contribution in [0, 0.1) is 0 Å². The lowest BCUT2D eigenvalue weighted by molar-refractivity contribution is 0.0550. The number of benzene rings is 6. The molecule has 0 heterocycles. The van der Waals surface area contributed by atoms with Gasteiger partial charge in [0.25, 0.3) is 0 Å². The van der Waals surface area contributed by atoms with Crippen molar-refractivity contribution in [1.29, 1.82) is 0 Å². The molecule has 0 fully saturated rings. The van der Waals surface area contributed by atoms with Gasteiger partial charge in [-0.3, -0.25) is 9.80 Å². The first-order valence-electron chi connectivity index (χ1n) is 21.4. The molecule has 0 aromatic heterocycles. The van der Waals surface area contributed by atoms with Gasteiger partial charge in [0.15, 0.2) is 0 Å². The molecule has 2 N–H and O–H groups in total. The number of nitrogens with zero attached hydrogens (tertiary/aromatic N) is 2. The molecule has 0 radical (unpaired) electrons. The minimum atomic E-state index is -0.374. The Kier molecular flexibility index (Phi) is 17.3. The molecule has 0 aliphatic carbocycles. The first kappa shape index (κ1) is 46.5. The monoisotopic (exact) mass is 854 g/mol. The first-order chi connectivity index (χ1) is 30.9. The maximum Gasteiger partial charge on any atom is 0.130 e. The zero-order valence-corrected chi connectivity index (χ0v) is 37.4. The quantitative estimate of drug-likeness (QED) is 0.0612. The van der Waals surface area contributed by atoms with Crippen molar-refractivity contribution >= 4 is 0 Å². The summed E-state index contributed by atoms with van der Waals surface area (Å²) < 4.78 is 35.2. The van der Waals surface area contributed by atoms with Gasteiger partial charge < -0.3 is 38.6 Å². The van der Waals surface area contributed by atoms with Gasteiger partial charge in [-0.1, -0.05) is 121 Å². The van der Waals surface area contributed by atoms with E-state index in [0.29, 0.717) is 47.6 Å². The van der Waals surface area contributed by atoms with Crippen molar-refractivity contribution in [1.82, 2.24) is 9.80 Å². The average molecular weight is 855 g/mol. The van der Waals surface area contributed by atoms with Gasteiger partial charge in [0, 0.05) is 49.4 Å². The highest BCUT2D eigenvalue weighted by Gasteiger charge is 2.34. The summed E-state index contributed by atoms with van der Waals surface area (Å²) in [5.41, 5.74) is 5.93. The van der Waals surface area contributed by atoms with E-state index in [1.165, 1.54) is 0 Å². The van der Waals surface area contributed by atoms with Gasteiger partial charge in [0.2, 0.25) is 0 Å². The second kappa shape index (κ2) is 23.4. The van der Waals surface area contributed by atoms with Crippen molar-refractivity contribution < 1.29 is 38.6 Å². The van der Waals surface area contributed by atoms with Crippen molar-refractivity contribution in [2.45, 2.75) is 56.5 Å². The third-order valence-electron chi connectivity index (χ3n) is 12.0. The predicted octanol–water partition coefficient (Wildman–Crippen LogP) is 10.2. The average Bonchev–Trinajstić information content (AvgIpc) is 3.35. The van der Waals surface area contributed by atoms with Crippen LogP contribution < -0.4 is 28.4 Å². The maximum absolute atomic E-state index is 11.4. The maximum atomic E-state index is 11.4. The van der Waals surface area contributed by atoms with Crippen LogP contribution in [0.2, 0.25) is 0 Å². The van der Waals surface area contributed by atoms with Gasteiger partial charge in [-0.05, 0) is 41.5 Å². The van der Waals surface area contributed by atoms with E-state index in [-0.39, 0.29) is 37.4 Å². The summed E-state index contributed by atoms with van der Waals surface area (Å²) in [5.74, 6) is 3.78. The molecule has 10 nitrogen and oxygen atoms in total. The molecule has 0 aliphatic heterocycles. The van der Waals surface area contributed by atoms with Crippen molar-refractivity contribution in [3.8, 4) is 34.5 Å². The van der Waals surface area contributed by atoms with Crippen LogP contribution in [0.15, 0.2) is 146 Å². The van der Waals surface area contributed by atoms with Crippen molar-refractivity contribution in [2.75, 3.05) is 55.9 Å². The van der Waals surface area contributed by atoms with Crippen molar-refractivity contribution in [3.05, 3.63) is 179 Å². The molecule has 6 aromatic carbocycles. The standard InChI is InChI=1S/C53H62N2O8/c1-58-42-30-50(60-3)44(51(31-42)61-4)34-54(48(36-56)40-24-15-9-16-25-40)46(38-20-11-7-12-21-38)28-19-29-47(39-22-13-8-14-23-39)55(49(37-57)41-26-17-10-18-27-41)35-45-52(62-5)32-43(59-2)33-53(45)63-6/h7-18,20-27,30-33,46-49,56-57H,19,28-29,34-37H2,1-6H3/t46-,47-,48+,49+/m1/s1. The smallest absolute Gasteiger partial charge is 0.130 e. The zero-order chi connectivity index (χ0) is 44.6. The molecule has 0 bridgehead atoms. The van der Waals surface area contributed by atoms with Gasteiger partial charge in [-0.25, -0.2) is 0 Å². The van der Waals surface area contributed by atoms with Crippen LogP contribution in [0.4, 0.5) is 0 Å². The number of hydrogen-bond acceptors (Lipinski definition) is 10. The van der Waals surface area contributed by atoms with E-state index < -0.39 is 0 Å². The molecule has 0 amide bonds. The Labute approximate surface area is 373 Å². The largest absolute Gasteiger partial charge is 0.496 e. The van der Waals surface area contributed by atoms with Crippen LogP contribution in [-0.2, 0) is 13.1 Å². The lowest BCUT2D eigenvalue weighted by atomic mass is 9.91. The molecule has 0 spiro atoms. The molecule has 6 aromatic rings. The molecule has 0 aliphatic rings. The molecular formula is C53H62N2O8. The van der Waals surface area contributed by atoms with Crippen LogP contribution in [-0.4, -0.2) is 75.9 Å². The third-order valence-corrected chi connectivity index (χ3v) is 12.0. The fraction of sp³-hybridized carbons (Fsp3) is 0.321. The molecule has 63 heavy (non-hydrogen) atoms. The minimum Gasteiger partial charge on any atom is -0.496 e. The van der Waals surface area contributed by atoms with Crippen molar-refractivity contribution in [3.63, 3.8) is 0 Å². The lowest BCUT2D eigenvalue weighted by Gasteiger charge is -2.40. The molecule has 0 saturated heterocycles. The number of rotatable bonds is 24. The number of aliphatic hydroxyl groups excluding tert-OH is 2. The Morgan fingerprint density at radius 1 is 0.381 bits per heavy atom. The van der Waals surface area contributed by atoms with Crippen LogP contribution in [0.5, 0.6) is 34.5 Å². The van der Waals surface area contributed by atoms with Crippen LogP contribution >= 0.6 is 0 Å². The summed E-state index contributed by atoms with van der Waals surface area (Å²) in [6.07, 6.45) is 2.24. The molecule has 0 unspecified atom stereocenters. The highest BCUT2D eigenvalue weighted by Crippen LogP contribution is 2.44. The first-order valence-corrected chi connectivity index (χ1v) is 21.4. The van der Waals surface area contributed by atoms with E-state index in [9.17, 15) is 10.2 Å². The molecule has 4 atom stereocenters. The van der Waals surface area contributed by atoms with Crippen molar-refractivity contribution in [2.24, 2.45) is 0 Å². The van der Waals surface area contributed by atoms with E-state index in [0.717, 1.165) is 52.6 Å². The lowest BCUT2D eigenvalue weighted by Crippen LogP contribution is -2.36. The third kappa shape index (κ3) is 11.3. The van der Waals surface area contributed by atoms with Crippen LogP contribution in [0.25, 0.3) is 0 Å². The van der Waals surface area contributed by atoms with Crippen LogP contribution in [0.1, 0.15) is 76.8 Å². The Morgan fingerprint density at radius 3 is 0.889 bits per heavy atom. The summed E-state index contributed by atoms with van der Waals surface area (Å²) in [4.78, 5) is 4.75. The van der Waals surface area contributed by atoms with E-state index in [1.54, 1.807) is 42.7 Å². The summed E-state index contributed by atoms with van der Waals surface area (Å²) >= 11 is 0. The number of hydrogen-bond donors (Lipinski definition) is 2. The van der Waals surface area contributed by atoms with E-state index in [4.69, 9.17) is 28.4 Å². The van der Waals surface area contributed by atoms with Crippen LogP contribution in [0.3, 0.4) is 0 Å². The highest BCUT2D eigenvalue weighted by atomic mass is 16.5. The van der Waals surface area contributed by atoms with Gasteiger partial charge >= 0.3 is 0 Å². The normalized spacial score (nSPS) is 13.2. The van der Waals surface area contributed by atoms with Gasteiger partial charge in [0.05, 0.1) is 79.1 Å². The summed E-state index contributed by atoms with van der Waals surface area (Å²) in [6.45, 7) is 0.578. The van der Waals surface area contributed by atoms with Gasteiger partial charge in [0.1, 0.15) is 34.5 Å². The van der Waals surface area contributed by atoms with Gasteiger partial charge in [-0.2, -0.15) is 0 Å². The van der Waals surface area contributed by atoms with E-state index in [1.807, 2.05) is 72.8 Å². The second-order valence-electron chi connectivity index (χ2n) is 15.4. The Bertz CT molecular complexity index is 2050. The Balaban J connectivity index is 1.46. The second-order valence-corrected chi connectivity index (χ2v) is 15.4. The predicted molar refractivity (Wildman–Crippen MR) is 248 cm³/mol. The summed E-state index contributed by atoms with van der Waals surface area (Å²) in [6, 6.07) is 47.8. The SMILES string of the molecule is COc1cc(OC)c(CN([C@H](CCC[C@H](c2ccccc2)N(Cc2c(OC)cc(OC)cc2OC)[C@@H](CO)c2ccccc2)c2ccccc2)[C@@H](CO)c2ccccc2)c(OC)c1. The summed E-state index contributed by atoms with van der Waals surface area (Å²) in [5, 5.41) is 22.7. The zero-order valence-electron chi connectivity index (χ0n) is 37.4. The number of aliphatic hydroxyl groups is 2. The minimum absolute atomic E-state index is 0.116.